The number of carboxylic acids is 1. The first-order chi connectivity index (χ1) is 9.20. The van der Waals surface area contributed by atoms with Gasteiger partial charge in [0.05, 0.1) is 7.11 Å². The Hall–Kier alpha value is -2.29. The second-order valence-electron chi connectivity index (χ2n) is 4.29. The van der Waals surface area contributed by atoms with Crippen molar-refractivity contribution in [1.82, 2.24) is 0 Å². The highest BCUT2D eigenvalue weighted by Gasteiger charge is 2.07. The highest BCUT2D eigenvalue weighted by molar-refractivity contribution is 5.69. The van der Waals surface area contributed by atoms with E-state index in [9.17, 15) is 4.79 Å². The van der Waals surface area contributed by atoms with Crippen molar-refractivity contribution in [2.24, 2.45) is 0 Å². The lowest BCUT2D eigenvalue weighted by atomic mass is 10.00. The fourth-order valence-corrected chi connectivity index (χ4v) is 2.03. The normalized spacial score (nSPS) is 10.2. The lowest BCUT2D eigenvalue weighted by molar-refractivity contribution is -0.136. The van der Waals surface area contributed by atoms with Gasteiger partial charge in [0.25, 0.3) is 0 Å². The highest BCUT2D eigenvalue weighted by Crippen LogP contribution is 2.27. The van der Waals surface area contributed by atoms with Gasteiger partial charge in [-0.3, -0.25) is 4.79 Å². The predicted molar refractivity (Wildman–Crippen MR) is 74.4 cm³/mol. The fourth-order valence-electron chi connectivity index (χ4n) is 2.03. The fraction of sp³-hybridized carbons (Fsp3) is 0.188. The summed E-state index contributed by atoms with van der Waals surface area (Å²) in [5, 5.41) is 8.78. The molecule has 0 atom stereocenters. The molecule has 19 heavy (non-hydrogen) atoms. The summed E-state index contributed by atoms with van der Waals surface area (Å²) in [6, 6.07) is 15.9. The van der Waals surface area contributed by atoms with Crippen LogP contribution >= 0.6 is 0 Å². The number of carbonyl (C=O) groups is 1. The average Bonchev–Trinajstić information content (AvgIpc) is 2.45. The van der Waals surface area contributed by atoms with Crippen LogP contribution in [-0.2, 0) is 11.2 Å². The van der Waals surface area contributed by atoms with E-state index in [1.807, 2.05) is 48.5 Å². The molecule has 0 unspecified atom stereocenters. The maximum Gasteiger partial charge on any atom is 0.303 e. The average molecular weight is 256 g/mol. The van der Waals surface area contributed by atoms with Crippen molar-refractivity contribution in [3.63, 3.8) is 0 Å². The van der Waals surface area contributed by atoms with Crippen molar-refractivity contribution in [1.29, 1.82) is 0 Å². The molecule has 0 heterocycles. The molecule has 0 saturated carbocycles. The second-order valence-corrected chi connectivity index (χ2v) is 4.29. The Balaban J connectivity index is 2.32. The van der Waals surface area contributed by atoms with Gasteiger partial charge in [0.1, 0.15) is 5.75 Å². The quantitative estimate of drug-likeness (QED) is 0.892. The standard InChI is InChI=1S/C16H16O3/c1-19-15-9-7-13(12-5-3-2-4-6-12)11-14(15)8-10-16(17)18/h2-7,9,11H,8,10H2,1H3,(H,17,18). The first kappa shape index (κ1) is 13.1. The van der Waals surface area contributed by atoms with E-state index < -0.39 is 5.97 Å². The molecule has 2 aromatic rings. The minimum Gasteiger partial charge on any atom is -0.496 e. The molecule has 3 nitrogen and oxygen atoms in total. The summed E-state index contributed by atoms with van der Waals surface area (Å²) in [5.74, 6) is -0.0619. The van der Waals surface area contributed by atoms with Crippen LogP contribution in [0.2, 0.25) is 0 Å². The number of hydrogen-bond donors (Lipinski definition) is 1. The van der Waals surface area contributed by atoms with Gasteiger partial charge in [-0.25, -0.2) is 0 Å². The Morgan fingerprint density at radius 3 is 2.47 bits per heavy atom. The number of hydrogen-bond acceptors (Lipinski definition) is 2. The van der Waals surface area contributed by atoms with Crippen molar-refractivity contribution < 1.29 is 14.6 Å². The Morgan fingerprint density at radius 1 is 1.11 bits per heavy atom. The van der Waals surface area contributed by atoms with E-state index in [1.54, 1.807) is 7.11 Å². The highest BCUT2D eigenvalue weighted by atomic mass is 16.5. The molecule has 0 fully saturated rings. The number of aryl methyl sites for hydroxylation is 1. The third-order valence-electron chi connectivity index (χ3n) is 3.00. The molecule has 98 valence electrons. The van der Waals surface area contributed by atoms with E-state index in [1.165, 1.54) is 0 Å². The summed E-state index contributed by atoms with van der Waals surface area (Å²) in [6.45, 7) is 0. The van der Waals surface area contributed by atoms with E-state index in [-0.39, 0.29) is 6.42 Å². The number of methoxy groups -OCH3 is 1. The smallest absolute Gasteiger partial charge is 0.303 e. The molecule has 1 N–H and O–H groups in total. The monoisotopic (exact) mass is 256 g/mol. The Kier molecular flexibility index (Phi) is 4.18. The van der Waals surface area contributed by atoms with Crippen LogP contribution in [0.25, 0.3) is 11.1 Å². The van der Waals surface area contributed by atoms with E-state index in [4.69, 9.17) is 9.84 Å². The maximum absolute atomic E-state index is 10.7. The van der Waals surface area contributed by atoms with E-state index in [0.717, 1.165) is 22.4 Å². The van der Waals surface area contributed by atoms with Crippen molar-refractivity contribution in [2.75, 3.05) is 7.11 Å². The van der Waals surface area contributed by atoms with E-state index in [2.05, 4.69) is 0 Å². The Morgan fingerprint density at radius 2 is 1.84 bits per heavy atom. The molecular formula is C16H16O3. The van der Waals surface area contributed by atoms with Gasteiger partial charge in [-0.1, -0.05) is 36.4 Å². The summed E-state index contributed by atoms with van der Waals surface area (Å²) in [6.07, 6.45) is 0.577. The number of rotatable bonds is 5. The van der Waals surface area contributed by atoms with Crippen LogP contribution < -0.4 is 4.74 Å². The van der Waals surface area contributed by atoms with Gasteiger partial charge in [-0.15, -0.1) is 0 Å². The summed E-state index contributed by atoms with van der Waals surface area (Å²) in [7, 11) is 1.60. The zero-order valence-corrected chi connectivity index (χ0v) is 10.8. The number of ether oxygens (including phenoxy) is 1. The predicted octanol–water partition coefficient (Wildman–Crippen LogP) is 3.38. The van der Waals surface area contributed by atoms with Gasteiger partial charge in [-0.05, 0) is 35.2 Å². The van der Waals surface area contributed by atoms with Crippen molar-refractivity contribution >= 4 is 5.97 Å². The lowest BCUT2D eigenvalue weighted by Crippen LogP contribution is -1.99. The molecule has 0 bridgehead atoms. The van der Waals surface area contributed by atoms with Crippen molar-refractivity contribution in [2.45, 2.75) is 12.8 Å². The van der Waals surface area contributed by atoms with E-state index >= 15 is 0 Å². The van der Waals surface area contributed by atoms with Gasteiger partial charge >= 0.3 is 5.97 Å². The maximum atomic E-state index is 10.7. The molecule has 3 heteroatoms. The molecule has 0 aliphatic rings. The summed E-state index contributed by atoms with van der Waals surface area (Å²) in [5.41, 5.74) is 3.11. The van der Waals surface area contributed by atoms with E-state index in [0.29, 0.717) is 6.42 Å². The largest absolute Gasteiger partial charge is 0.496 e. The summed E-state index contributed by atoms with van der Waals surface area (Å²) >= 11 is 0. The molecule has 0 radical (unpaired) electrons. The van der Waals surface area contributed by atoms with Crippen LogP contribution in [0.3, 0.4) is 0 Å². The van der Waals surface area contributed by atoms with Gasteiger partial charge in [0.2, 0.25) is 0 Å². The lowest BCUT2D eigenvalue weighted by Gasteiger charge is -2.10. The second kappa shape index (κ2) is 6.05. The SMILES string of the molecule is COc1ccc(-c2ccccc2)cc1CCC(=O)O. The van der Waals surface area contributed by atoms with Crippen LogP contribution in [0, 0.1) is 0 Å². The molecule has 0 amide bonds. The van der Waals surface area contributed by atoms with Crippen LogP contribution in [0.5, 0.6) is 5.75 Å². The van der Waals surface area contributed by atoms with Crippen LogP contribution in [0.1, 0.15) is 12.0 Å². The third-order valence-corrected chi connectivity index (χ3v) is 3.00. The molecule has 2 rings (SSSR count). The first-order valence-corrected chi connectivity index (χ1v) is 6.15. The van der Waals surface area contributed by atoms with Gasteiger partial charge in [0, 0.05) is 6.42 Å². The minimum absolute atomic E-state index is 0.106. The topological polar surface area (TPSA) is 46.5 Å². The molecule has 0 saturated heterocycles. The molecule has 0 aliphatic carbocycles. The third kappa shape index (κ3) is 3.35. The number of aliphatic carboxylic acids is 1. The Labute approximate surface area is 112 Å². The van der Waals surface area contributed by atoms with Crippen molar-refractivity contribution in [3.8, 4) is 16.9 Å². The van der Waals surface area contributed by atoms with Crippen LogP contribution in [-0.4, -0.2) is 18.2 Å². The molecule has 0 spiro atoms. The van der Waals surface area contributed by atoms with Gasteiger partial charge in [0.15, 0.2) is 0 Å². The zero-order valence-electron chi connectivity index (χ0n) is 10.8. The van der Waals surface area contributed by atoms with Gasteiger partial charge < -0.3 is 9.84 Å². The number of carboxylic acid groups (broad SMARTS) is 1. The molecular weight excluding hydrogens is 240 g/mol. The minimum atomic E-state index is -0.799. The van der Waals surface area contributed by atoms with Crippen molar-refractivity contribution in [3.05, 3.63) is 54.1 Å². The summed E-state index contributed by atoms with van der Waals surface area (Å²) < 4.78 is 5.28. The molecule has 2 aromatic carbocycles. The zero-order chi connectivity index (χ0) is 13.7. The van der Waals surface area contributed by atoms with Crippen LogP contribution in [0.4, 0.5) is 0 Å². The number of benzene rings is 2. The van der Waals surface area contributed by atoms with Crippen LogP contribution in [0.15, 0.2) is 48.5 Å². The first-order valence-electron chi connectivity index (χ1n) is 6.15. The molecule has 0 aromatic heterocycles. The van der Waals surface area contributed by atoms with Gasteiger partial charge in [-0.2, -0.15) is 0 Å². The Bertz CT molecular complexity index is 561. The molecule has 0 aliphatic heterocycles. The summed E-state index contributed by atoms with van der Waals surface area (Å²) in [4.78, 5) is 10.7.